The minimum atomic E-state index is -1.02. The molecular formula is C31H33F3N6O. The molecule has 7 nitrogen and oxygen atoms in total. The molecule has 1 amide bonds. The third kappa shape index (κ3) is 6.43. The van der Waals surface area contributed by atoms with Gasteiger partial charge in [0.15, 0.2) is 0 Å². The highest BCUT2D eigenvalue weighted by Gasteiger charge is 2.28. The lowest BCUT2D eigenvalue weighted by atomic mass is 9.96. The standard InChI is InChI=1S/C31H33F3N6O/c1-19-4-9-24-28(14-19)37-31(39(2)3)38-29(24)36-17-20-5-7-23(8-6-20)40(30(41)21-10-12-35-13-11-21)18-25-26(33)15-22(32)16-27(25)34/h4-9,14-16,21,35H,10-13,17-18H2,1-3H3,(H,36,37,38). The Morgan fingerprint density at radius 3 is 2.32 bits per heavy atom. The lowest BCUT2D eigenvalue weighted by molar-refractivity contribution is -0.123. The van der Waals surface area contributed by atoms with Gasteiger partial charge in [-0.1, -0.05) is 18.2 Å². The van der Waals surface area contributed by atoms with Crippen LogP contribution in [0.2, 0.25) is 0 Å². The first-order valence-corrected chi connectivity index (χ1v) is 13.6. The van der Waals surface area contributed by atoms with Crippen LogP contribution in [0.5, 0.6) is 0 Å². The van der Waals surface area contributed by atoms with E-state index >= 15 is 0 Å². The average Bonchev–Trinajstić information content (AvgIpc) is 2.95. The van der Waals surface area contributed by atoms with E-state index in [2.05, 4.69) is 20.6 Å². The van der Waals surface area contributed by atoms with Gasteiger partial charge in [0.2, 0.25) is 11.9 Å². The molecule has 1 fully saturated rings. The van der Waals surface area contributed by atoms with Gasteiger partial charge in [0, 0.05) is 55.3 Å². The van der Waals surface area contributed by atoms with Crippen LogP contribution in [0.25, 0.3) is 10.9 Å². The minimum absolute atomic E-state index is 0.209. The number of halogens is 3. The lowest BCUT2D eigenvalue weighted by Crippen LogP contribution is -2.41. The number of anilines is 3. The van der Waals surface area contributed by atoms with Gasteiger partial charge in [0.25, 0.3) is 0 Å². The summed E-state index contributed by atoms with van der Waals surface area (Å²) in [7, 11) is 3.78. The number of aryl methyl sites for hydroxylation is 1. The number of piperidine rings is 1. The first-order valence-electron chi connectivity index (χ1n) is 13.6. The number of carbonyl (C=O) groups excluding carboxylic acids is 1. The molecule has 0 bridgehead atoms. The largest absolute Gasteiger partial charge is 0.365 e. The Morgan fingerprint density at radius 2 is 1.66 bits per heavy atom. The van der Waals surface area contributed by atoms with Crippen molar-refractivity contribution in [3.63, 3.8) is 0 Å². The quantitative estimate of drug-likeness (QED) is 0.293. The van der Waals surface area contributed by atoms with Crippen LogP contribution >= 0.6 is 0 Å². The number of amides is 1. The van der Waals surface area contributed by atoms with Crippen molar-refractivity contribution >= 4 is 34.3 Å². The number of hydrogen-bond acceptors (Lipinski definition) is 6. The number of rotatable bonds is 8. The van der Waals surface area contributed by atoms with Crippen molar-refractivity contribution in [2.75, 3.05) is 42.3 Å². The summed E-state index contributed by atoms with van der Waals surface area (Å²) in [5.41, 5.74) is 3.04. The third-order valence-corrected chi connectivity index (χ3v) is 7.33. The van der Waals surface area contributed by atoms with Crippen molar-refractivity contribution in [3.8, 4) is 0 Å². The fourth-order valence-corrected chi connectivity index (χ4v) is 5.01. The number of aromatic nitrogens is 2. The van der Waals surface area contributed by atoms with Crippen LogP contribution in [0.3, 0.4) is 0 Å². The summed E-state index contributed by atoms with van der Waals surface area (Å²) in [6.07, 6.45) is 1.26. The van der Waals surface area contributed by atoms with E-state index in [1.807, 2.05) is 56.3 Å². The highest BCUT2D eigenvalue weighted by molar-refractivity contribution is 5.95. The first-order chi connectivity index (χ1) is 19.7. The molecule has 0 atom stereocenters. The SMILES string of the molecule is Cc1ccc2c(NCc3ccc(N(Cc4c(F)cc(F)cc4F)C(=O)C4CCNCC4)cc3)nc(N(C)C)nc2c1. The Balaban J connectivity index is 1.40. The van der Waals surface area contributed by atoms with Crippen molar-refractivity contribution in [1.82, 2.24) is 15.3 Å². The van der Waals surface area contributed by atoms with Crippen molar-refractivity contribution in [1.29, 1.82) is 0 Å². The van der Waals surface area contributed by atoms with Crippen molar-refractivity contribution in [3.05, 3.63) is 88.7 Å². The smallest absolute Gasteiger partial charge is 0.230 e. The van der Waals surface area contributed by atoms with Gasteiger partial charge >= 0.3 is 0 Å². The minimum Gasteiger partial charge on any atom is -0.365 e. The van der Waals surface area contributed by atoms with Crippen LogP contribution in [-0.2, 0) is 17.9 Å². The molecule has 0 unspecified atom stereocenters. The van der Waals surface area contributed by atoms with E-state index in [1.165, 1.54) is 4.90 Å². The van der Waals surface area contributed by atoms with Crippen molar-refractivity contribution in [2.24, 2.45) is 5.92 Å². The van der Waals surface area contributed by atoms with E-state index in [4.69, 9.17) is 0 Å². The fraction of sp³-hybridized carbons (Fsp3) is 0.323. The van der Waals surface area contributed by atoms with Gasteiger partial charge < -0.3 is 20.4 Å². The molecule has 1 saturated heterocycles. The second-order valence-electron chi connectivity index (χ2n) is 10.6. The summed E-state index contributed by atoms with van der Waals surface area (Å²) < 4.78 is 42.7. The zero-order valence-corrected chi connectivity index (χ0v) is 23.3. The summed E-state index contributed by atoms with van der Waals surface area (Å²) in [5, 5.41) is 7.53. The number of nitrogens with zero attached hydrogens (tertiary/aromatic N) is 4. The highest BCUT2D eigenvalue weighted by Crippen LogP contribution is 2.28. The Kier molecular flexibility index (Phi) is 8.39. The normalized spacial score (nSPS) is 13.8. The molecule has 41 heavy (non-hydrogen) atoms. The predicted octanol–water partition coefficient (Wildman–Crippen LogP) is 5.57. The molecule has 0 aliphatic carbocycles. The van der Waals surface area contributed by atoms with Crippen LogP contribution < -0.4 is 20.4 Å². The molecule has 1 aromatic heterocycles. The van der Waals surface area contributed by atoms with Crippen molar-refractivity contribution < 1.29 is 18.0 Å². The van der Waals surface area contributed by atoms with Crippen molar-refractivity contribution in [2.45, 2.75) is 32.9 Å². The predicted molar refractivity (Wildman–Crippen MR) is 155 cm³/mol. The first kappa shape index (κ1) is 28.4. The average molecular weight is 563 g/mol. The molecule has 0 saturated carbocycles. The van der Waals surface area contributed by atoms with Gasteiger partial charge in [-0.25, -0.2) is 18.2 Å². The maximum absolute atomic E-state index is 14.6. The molecule has 0 radical (unpaired) electrons. The maximum atomic E-state index is 14.6. The van der Waals surface area contributed by atoms with Crippen LogP contribution in [0.4, 0.5) is 30.6 Å². The Labute approximate surface area is 237 Å². The summed E-state index contributed by atoms with van der Waals surface area (Å²) in [6.45, 7) is 3.53. The second-order valence-corrected chi connectivity index (χ2v) is 10.6. The van der Waals surface area contributed by atoms with Crippen LogP contribution in [-0.4, -0.2) is 43.1 Å². The Morgan fingerprint density at radius 1 is 0.976 bits per heavy atom. The van der Waals surface area contributed by atoms with Crippen LogP contribution in [0.1, 0.15) is 29.5 Å². The summed E-state index contributed by atoms with van der Waals surface area (Å²) in [6, 6.07) is 14.6. The number of carbonyl (C=O) groups is 1. The molecule has 1 aliphatic rings. The van der Waals surface area contributed by atoms with E-state index in [0.717, 1.165) is 22.0 Å². The molecule has 1 aliphatic heterocycles. The van der Waals surface area contributed by atoms with Gasteiger partial charge in [-0.3, -0.25) is 4.79 Å². The van der Waals surface area contributed by atoms with Crippen LogP contribution in [0.15, 0.2) is 54.6 Å². The van der Waals surface area contributed by atoms with E-state index in [-0.39, 0.29) is 23.9 Å². The fourth-order valence-electron chi connectivity index (χ4n) is 5.01. The van der Waals surface area contributed by atoms with E-state index < -0.39 is 17.5 Å². The molecule has 2 N–H and O–H groups in total. The van der Waals surface area contributed by atoms with E-state index in [1.54, 1.807) is 12.1 Å². The number of nitrogens with one attached hydrogen (secondary N) is 2. The molecular weight excluding hydrogens is 529 g/mol. The molecule has 4 aromatic rings. The zero-order valence-electron chi connectivity index (χ0n) is 23.3. The van der Waals surface area contributed by atoms with E-state index in [9.17, 15) is 18.0 Å². The lowest BCUT2D eigenvalue weighted by Gasteiger charge is -2.30. The Bertz CT molecular complexity index is 1530. The summed E-state index contributed by atoms with van der Waals surface area (Å²) >= 11 is 0. The van der Waals surface area contributed by atoms with E-state index in [0.29, 0.717) is 62.1 Å². The summed E-state index contributed by atoms with van der Waals surface area (Å²) in [4.78, 5) is 26.2. The third-order valence-electron chi connectivity index (χ3n) is 7.33. The molecule has 0 spiro atoms. The molecule has 10 heteroatoms. The van der Waals surface area contributed by atoms with Gasteiger partial charge in [-0.15, -0.1) is 0 Å². The van der Waals surface area contributed by atoms with Gasteiger partial charge in [0.1, 0.15) is 23.3 Å². The second kappa shape index (κ2) is 12.1. The molecule has 5 rings (SSSR count). The summed E-state index contributed by atoms with van der Waals surface area (Å²) in [5.74, 6) is -2.22. The van der Waals surface area contributed by atoms with Crippen LogP contribution in [0, 0.1) is 30.3 Å². The van der Waals surface area contributed by atoms with Gasteiger partial charge in [0.05, 0.1) is 12.1 Å². The highest BCUT2D eigenvalue weighted by atomic mass is 19.1. The molecule has 214 valence electrons. The molecule has 3 aromatic carbocycles. The van der Waals surface area contributed by atoms with Gasteiger partial charge in [-0.2, -0.15) is 4.98 Å². The number of fused-ring (bicyclic) bond motifs is 1. The topological polar surface area (TPSA) is 73.4 Å². The molecule has 2 heterocycles. The zero-order chi connectivity index (χ0) is 29.1. The monoisotopic (exact) mass is 562 g/mol. The number of benzene rings is 3. The number of hydrogen-bond donors (Lipinski definition) is 2. The Hall–Kier alpha value is -4.18. The van der Waals surface area contributed by atoms with Gasteiger partial charge in [-0.05, 0) is 68.2 Å². The maximum Gasteiger partial charge on any atom is 0.230 e.